The minimum Gasteiger partial charge on any atom is -0.484 e. The van der Waals surface area contributed by atoms with E-state index in [1.807, 2.05) is 13.8 Å². The number of halogens is 2. The molecular formula is C23H27F2N3O5. The van der Waals surface area contributed by atoms with Gasteiger partial charge in [0.1, 0.15) is 29.7 Å². The SMILES string of the molecule is CC1(C)[C@@H]2[C@H](C(=O)N[C@H](C=O)C[C@@H]3CCNC3=O)N(C(=O)COc3cc(F)cc(F)c3)C[C@@H]21. The Kier molecular flexibility index (Phi) is 6.11. The average molecular weight is 463 g/mol. The largest absolute Gasteiger partial charge is 0.484 e. The van der Waals surface area contributed by atoms with Gasteiger partial charge in [0.2, 0.25) is 11.8 Å². The van der Waals surface area contributed by atoms with Crippen LogP contribution < -0.4 is 15.4 Å². The number of ether oxygens (including phenoxy) is 1. The predicted octanol–water partition coefficient (Wildman–Crippen LogP) is 1.04. The summed E-state index contributed by atoms with van der Waals surface area (Å²) in [5, 5.41) is 5.41. The van der Waals surface area contributed by atoms with Crippen molar-refractivity contribution in [2.75, 3.05) is 19.7 Å². The van der Waals surface area contributed by atoms with Crippen molar-refractivity contribution < 1.29 is 32.7 Å². The van der Waals surface area contributed by atoms with Crippen LogP contribution in [0.4, 0.5) is 8.78 Å². The van der Waals surface area contributed by atoms with Gasteiger partial charge in [-0.15, -0.1) is 0 Å². The maximum absolute atomic E-state index is 13.4. The number of fused-ring (bicyclic) bond motifs is 1. The van der Waals surface area contributed by atoms with E-state index >= 15 is 0 Å². The van der Waals surface area contributed by atoms with Gasteiger partial charge in [0, 0.05) is 37.2 Å². The molecule has 2 saturated heterocycles. The smallest absolute Gasteiger partial charge is 0.261 e. The number of hydrogen-bond donors (Lipinski definition) is 2. The fourth-order valence-electron chi connectivity index (χ4n) is 5.28. The van der Waals surface area contributed by atoms with E-state index in [0.717, 1.165) is 12.1 Å². The number of aldehydes is 1. The Bertz CT molecular complexity index is 965. The van der Waals surface area contributed by atoms with Crippen molar-refractivity contribution in [2.24, 2.45) is 23.2 Å². The molecular weight excluding hydrogens is 436 g/mol. The Morgan fingerprint density at radius 2 is 2.00 bits per heavy atom. The second-order valence-corrected chi connectivity index (χ2v) is 9.60. The molecule has 10 heteroatoms. The molecule has 1 aliphatic carbocycles. The molecule has 2 N–H and O–H groups in total. The van der Waals surface area contributed by atoms with Crippen molar-refractivity contribution in [1.29, 1.82) is 0 Å². The third-order valence-electron chi connectivity index (χ3n) is 7.19. The lowest BCUT2D eigenvalue weighted by Gasteiger charge is -2.31. The molecule has 0 aromatic heterocycles. The fourth-order valence-corrected chi connectivity index (χ4v) is 5.28. The van der Waals surface area contributed by atoms with E-state index in [1.165, 1.54) is 4.90 Å². The second-order valence-electron chi connectivity index (χ2n) is 9.60. The Balaban J connectivity index is 1.42. The third-order valence-corrected chi connectivity index (χ3v) is 7.19. The average Bonchev–Trinajstić information content (AvgIpc) is 3.11. The van der Waals surface area contributed by atoms with E-state index in [1.54, 1.807) is 0 Å². The first-order chi connectivity index (χ1) is 15.6. The van der Waals surface area contributed by atoms with Gasteiger partial charge in [-0.05, 0) is 30.1 Å². The van der Waals surface area contributed by atoms with E-state index < -0.39 is 42.1 Å². The van der Waals surface area contributed by atoms with Crippen molar-refractivity contribution in [3.05, 3.63) is 29.8 Å². The van der Waals surface area contributed by atoms with Crippen LogP contribution in [0.5, 0.6) is 5.75 Å². The number of hydrogen-bond acceptors (Lipinski definition) is 5. The Morgan fingerprint density at radius 1 is 1.30 bits per heavy atom. The normalized spacial score (nSPS) is 28.0. The van der Waals surface area contributed by atoms with Gasteiger partial charge < -0.3 is 25.1 Å². The lowest BCUT2D eigenvalue weighted by atomic mass is 9.97. The third kappa shape index (κ3) is 4.56. The molecule has 8 nitrogen and oxygen atoms in total. The molecule has 4 rings (SSSR count). The molecule has 2 heterocycles. The molecule has 0 spiro atoms. The Labute approximate surface area is 190 Å². The monoisotopic (exact) mass is 463 g/mol. The molecule has 1 aromatic rings. The van der Waals surface area contributed by atoms with Gasteiger partial charge in [-0.1, -0.05) is 13.8 Å². The number of carbonyl (C=O) groups is 4. The highest BCUT2D eigenvalue weighted by molar-refractivity contribution is 5.91. The first kappa shape index (κ1) is 23.1. The molecule has 3 amide bonds. The minimum absolute atomic E-state index is 0.0739. The van der Waals surface area contributed by atoms with Gasteiger partial charge in [0.05, 0.1) is 6.04 Å². The van der Waals surface area contributed by atoms with Gasteiger partial charge in [0.25, 0.3) is 5.91 Å². The van der Waals surface area contributed by atoms with Crippen LogP contribution in [0.15, 0.2) is 18.2 Å². The zero-order chi connectivity index (χ0) is 23.9. The maximum Gasteiger partial charge on any atom is 0.261 e. The van der Waals surface area contributed by atoms with Crippen LogP contribution in [-0.2, 0) is 19.2 Å². The van der Waals surface area contributed by atoms with Crippen molar-refractivity contribution in [2.45, 2.75) is 38.8 Å². The zero-order valence-electron chi connectivity index (χ0n) is 18.5. The van der Waals surface area contributed by atoms with Crippen LogP contribution in [-0.4, -0.2) is 60.7 Å². The molecule has 5 atom stereocenters. The molecule has 3 fully saturated rings. The van der Waals surface area contributed by atoms with E-state index in [0.29, 0.717) is 31.9 Å². The van der Waals surface area contributed by atoms with Crippen LogP contribution in [0.1, 0.15) is 26.7 Å². The number of piperidine rings is 1. The topological polar surface area (TPSA) is 105 Å². The summed E-state index contributed by atoms with van der Waals surface area (Å²) in [4.78, 5) is 50.9. The number of rotatable bonds is 8. The number of carbonyl (C=O) groups excluding carboxylic acids is 4. The highest BCUT2D eigenvalue weighted by Gasteiger charge is 2.69. The minimum atomic E-state index is -0.837. The Morgan fingerprint density at radius 3 is 2.61 bits per heavy atom. The first-order valence-electron chi connectivity index (χ1n) is 11.0. The van der Waals surface area contributed by atoms with E-state index in [4.69, 9.17) is 4.74 Å². The number of nitrogens with zero attached hydrogens (tertiary/aromatic N) is 1. The molecule has 1 saturated carbocycles. The number of likely N-dealkylation sites (tertiary alicyclic amines) is 1. The Hall–Kier alpha value is -3.04. The molecule has 2 aliphatic heterocycles. The van der Waals surface area contributed by atoms with Crippen molar-refractivity contribution >= 4 is 24.0 Å². The molecule has 178 valence electrons. The summed E-state index contributed by atoms with van der Waals surface area (Å²) in [7, 11) is 0. The summed E-state index contributed by atoms with van der Waals surface area (Å²) in [5.41, 5.74) is -0.132. The van der Waals surface area contributed by atoms with Gasteiger partial charge >= 0.3 is 0 Å². The van der Waals surface area contributed by atoms with E-state index in [9.17, 15) is 28.0 Å². The first-order valence-corrected chi connectivity index (χ1v) is 11.0. The molecule has 0 unspecified atom stereocenters. The van der Waals surface area contributed by atoms with Crippen LogP contribution in [0, 0.1) is 34.8 Å². The highest BCUT2D eigenvalue weighted by Crippen LogP contribution is 2.64. The van der Waals surface area contributed by atoms with Crippen molar-refractivity contribution in [3.63, 3.8) is 0 Å². The van der Waals surface area contributed by atoms with Crippen molar-refractivity contribution in [1.82, 2.24) is 15.5 Å². The lowest BCUT2D eigenvalue weighted by Crippen LogP contribution is -2.53. The summed E-state index contributed by atoms with van der Waals surface area (Å²) in [5.74, 6) is -3.13. The zero-order valence-corrected chi connectivity index (χ0v) is 18.5. The van der Waals surface area contributed by atoms with Gasteiger partial charge in [0.15, 0.2) is 6.61 Å². The van der Waals surface area contributed by atoms with Gasteiger partial charge in [-0.3, -0.25) is 14.4 Å². The summed E-state index contributed by atoms with van der Waals surface area (Å²) in [6.45, 7) is 4.46. The summed E-state index contributed by atoms with van der Waals surface area (Å²) in [6.07, 6.45) is 1.41. The number of amides is 3. The van der Waals surface area contributed by atoms with E-state index in [-0.39, 0.29) is 41.2 Å². The second kappa shape index (κ2) is 8.72. The molecule has 33 heavy (non-hydrogen) atoms. The fraction of sp³-hybridized carbons (Fsp3) is 0.565. The molecule has 0 radical (unpaired) electrons. The van der Waals surface area contributed by atoms with Gasteiger partial charge in [-0.25, -0.2) is 8.78 Å². The predicted molar refractivity (Wildman–Crippen MR) is 112 cm³/mol. The van der Waals surface area contributed by atoms with Crippen LogP contribution in [0.3, 0.4) is 0 Å². The van der Waals surface area contributed by atoms with Gasteiger partial charge in [-0.2, -0.15) is 0 Å². The standard InChI is InChI=1S/C23H27F2N3O5/c1-23(2)17-9-28(18(30)11-33-16-7-13(24)6-14(25)8-16)20(19(17)23)22(32)27-15(10-29)5-12-3-4-26-21(12)31/h6-8,10,12,15,17,19-20H,3-5,9,11H2,1-2H3,(H,26,31)(H,27,32)/t12-,15-,17-,19-,20+/m0/s1. The summed E-state index contributed by atoms with van der Waals surface area (Å²) >= 11 is 0. The number of nitrogens with one attached hydrogen (secondary N) is 2. The molecule has 1 aromatic carbocycles. The summed E-state index contributed by atoms with van der Waals surface area (Å²) < 4.78 is 32.0. The number of benzene rings is 1. The summed E-state index contributed by atoms with van der Waals surface area (Å²) in [6, 6.07) is 1.02. The van der Waals surface area contributed by atoms with Crippen LogP contribution in [0.25, 0.3) is 0 Å². The molecule has 0 bridgehead atoms. The van der Waals surface area contributed by atoms with Crippen LogP contribution in [0.2, 0.25) is 0 Å². The lowest BCUT2D eigenvalue weighted by molar-refractivity contribution is -0.142. The van der Waals surface area contributed by atoms with E-state index in [2.05, 4.69) is 10.6 Å². The van der Waals surface area contributed by atoms with Crippen LogP contribution >= 0.6 is 0 Å². The maximum atomic E-state index is 13.4. The van der Waals surface area contributed by atoms with Crippen molar-refractivity contribution in [3.8, 4) is 5.75 Å². The highest BCUT2D eigenvalue weighted by atomic mass is 19.1. The molecule has 3 aliphatic rings. The quantitative estimate of drug-likeness (QED) is 0.561.